The van der Waals surface area contributed by atoms with Gasteiger partial charge in [-0.2, -0.15) is 0 Å². The van der Waals surface area contributed by atoms with Crippen LogP contribution in [0.15, 0.2) is 11.5 Å². The third kappa shape index (κ3) is 2.34. The van der Waals surface area contributed by atoms with Gasteiger partial charge in [-0.1, -0.05) is 11.8 Å². The third-order valence-electron chi connectivity index (χ3n) is 1.07. The van der Waals surface area contributed by atoms with Crippen molar-refractivity contribution in [1.82, 2.24) is 14.8 Å². The van der Waals surface area contributed by atoms with E-state index < -0.39 is 0 Å². The Balaban J connectivity index is 2.51. The second kappa shape index (κ2) is 3.52. The van der Waals surface area contributed by atoms with Gasteiger partial charge in [0.25, 0.3) is 0 Å². The molecule has 11 heavy (non-hydrogen) atoms. The first kappa shape index (κ1) is 8.26. The van der Waals surface area contributed by atoms with Gasteiger partial charge in [-0.25, -0.2) is 0 Å². The molecule has 0 amide bonds. The van der Waals surface area contributed by atoms with Crippen LogP contribution in [-0.4, -0.2) is 26.3 Å². The minimum Gasteiger partial charge on any atom is -0.312 e. The number of Topliss-reactive ketones (excluding diaryl/α,β-unsaturated/α-hetero) is 1. The van der Waals surface area contributed by atoms with E-state index in [1.54, 1.807) is 17.8 Å². The zero-order valence-electron chi connectivity index (χ0n) is 6.44. The lowest BCUT2D eigenvalue weighted by atomic mass is 10.5. The van der Waals surface area contributed by atoms with Crippen molar-refractivity contribution in [2.75, 3.05) is 5.75 Å². The Hall–Kier alpha value is -0.840. The van der Waals surface area contributed by atoms with Crippen molar-refractivity contribution in [2.45, 2.75) is 12.1 Å². The monoisotopic (exact) mass is 171 g/mol. The standard InChI is InChI=1S/C6H9N3OS/c1-5(10)3-11-6-8-7-4-9(6)2/h4H,3H2,1-2H3. The van der Waals surface area contributed by atoms with Crippen molar-refractivity contribution in [3.05, 3.63) is 6.33 Å². The Morgan fingerprint density at radius 2 is 2.55 bits per heavy atom. The fourth-order valence-electron chi connectivity index (χ4n) is 0.569. The number of hydrogen-bond donors (Lipinski definition) is 0. The van der Waals surface area contributed by atoms with Gasteiger partial charge in [0.2, 0.25) is 0 Å². The van der Waals surface area contributed by atoms with E-state index in [2.05, 4.69) is 10.2 Å². The van der Waals surface area contributed by atoms with Gasteiger partial charge in [-0.3, -0.25) is 4.79 Å². The van der Waals surface area contributed by atoms with Crippen LogP contribution in [0, 0.1) is 0 Å². The number of carbonyl (C=O) groups excluding carboxylic acids is 1. The Morgan fingerprint density at radius 3 is 3.00 bits per heavy atom. The summed E-state index contributed by atoms with van der Waals surface area (Å²) in [7, 11) is 1.85. The molecule has 0 fully saturated rings. The minimum atomic E-state index is 0.151. The molecule has 0 saturated carbocycles. The molecule has 0 saturated heterocycles. The number of aryl methyl sites for hydroxylation is 1. The molecule has 4 nitrogen and oxygen atoms in total. The molecule has 1 aromatic heterocycles. The summed E-state index contributed by atoms with van der Waals surface area (Å²) in [5, 5.41) is 8.27. The summed E-state index contributed by atoms with van der Waals surface area (Å²) >= 11 is 1.40. The molecule has 0 atom stereocenters. The topological polar surface area (TPSA) is 47.8 Å². The van der Waals surface area contributed by atoms with Crippen molar-refractivity contribution < 1.29 is 4.79 Å². The lowest BCUT2D eigenvalue weighted by Crippen LogP contribution is -1.96. The van der Waals surface area contributed by atoms with Crippen LogP contribution in [0.1, 0.15) is 6.92 Å². The molecule has 1 aromatic rings. The number of rotatable bonds is 3. The molecule has 0 unspecified atom stereocenters. The van der Waals surface area contributed by atoms with Crippen molar-refractivity contribution in [3.8, 4) is 0 Å². The third-order valence-corrected chi connectivity index (χ3v) is 2.25. The Bertz CT molecular complexity index is 258. The summed E-state index contributed by atoms with van der Waals surface area (Å²) in [4.78, 5) is 10.6. The lowest BCUT2D eigenvalue weighted by Gasteiger charge is -1.95. The Morgan fingerprint density at radius 1 is 1.82 bits per heavy atom. The van der Waals surface area contributed by atoms with E-state index in [-0.39, 0.29) is 5.78 Å². The van der Waals surface area contributed by atoms with Crippen LogP contribution in [0.3, 0.4) is 0 Å². The van der Waals surface area contributed by atoms with Gasteiger partial charge < -0.3 is 4.57 Å². The second-order valence-electron chi connectivity index (χ2n) is 2.22. The first-order valence-corrected chi connectivity index (χ1v) is 4.15. The summed E-state index contributed by atoms with van der Waals surface area (Å²) < 4.78 is 1.79. The van der Waals surface area contributed by atoms with Gasteiger partial charge in [0.05, 0.1) is 5.75 Å². The number of ketones is 1. The fourth-order valence-corrected chi connectivity index (χ4v) is 1.26. The van der Waals surface area contributed by atoms with Gasteiger partial charge in [0.1, 0.15) is 12.1 Å². The van der Waals surface area contributed by atoms with E-state index in [0.717, 1.165) is 5.16 Å². The molecule has 60 valence electrons. The van der Waals surface area contributed by atoms with Crippen molar-refractivity contribution in [2.24, 2.45) is 7.05 Å². The van der Waals surface area contributed by atoms with Crippen LogP contribution in [-0.2, 0) is 11.8 Å². The van der Waals surface area contributed by atoms with Gasteiger partial charge in [-0.05, 0) is 6.92 Å². The lowest BCUT2D eigenvalue weighted by molar-refractivity contribution is -0.114. The normalized spacial score (nSPS) is 10.0. The van der Waals surface area contributed by atoms with Crippen molar-refractivity contribution >= 4 is 17.5 Å². The first-order valence-electron chi connectivity index (χ1n) is 3.16. The highest BCUT2D eigenvalue weighted by molar-refractivity contribution is 7.99. The summed E-state index contributed by atoms with van der Waals surface area (Å²) in [5.41, 5.74) is 0. The van der Waals surface area contributed by atoms with Gasteiger partial charge in [-0.15, -0.1) is 10.2 Å². The fraction of sp³-hybridized carbons (Fsp3) is 0.500. The highest BCUT2D eigenvalue weighted by atomic mass is 32.2. The molecule has 5 heteroatoms. The molecule has 0 spiro atoms. The highest BCUT2D eigenvalue weighted by Crippen LogP contribution is 2.12. The summed E-state index contributed by atoms with van der Waals surface area (Å²) in [6.45, 7) is 1.56. The maximum Gasteiger partial charge on any atom is 0.191 e. The van der Waals surface area contributed by atoms with Gasteiger partial charge in [0, 0.05) is 7.05 Å². The Kier molecular flexibility index (Phi) is 2.64. The zero-order valence-corrected chi connectivity index (χ0v) is 7.26. The number of nitrogens with zero attached hydrogens (tertiary/aromatic N) is 3. The molecule has 0 aliphatic carbocycles. The molecule has 0 aromatic carbocycles. The SMILES string of the molecule is CC(=O)CSc1nncn1C. The van der Waals surface area contributed by atoms with Gasteiger partial charge in [0.15, 0.2) is 5.16 Å². The average molecular weight is 171 g/mol. The molecule has 1 rings (SSSR count). The van der Waals surface area contributed by atoms with E-state index in [0.29, 0.717) is 5.75 Å². The van der Waals surface area contributed by atoms with E-state index in [4.69, 9.17) is 0 Å². The first-order chi connectivity index (χ1) is 5.20. The Labute approximate surface area is 69.0 Å². The quantitative estimate of drug-likeness (QED) is 0.621. The molecule has 0 radical (unpaired) electrons. The molecule has 0 bridgehead atoms. The molecule has 0 aliphatic heterocycles. The number of hydrogen-bond acceptors (Lipinski definition) is 4. The molecule has 1 heterocycles. The van der Waals surface area contributed by atoms with Crippen LogP contribution >= 0.6 is 11.8 Å². The van der Waals surface area contributed by atoms with E-state index in [1.807, 2.05) is 7.05 Å². The number of thioether (sulfide) groups is 1. The van der Waals surface area contributed by atoms with Crippen LogP contribution < -0.4 is 0 Å². The molecule has 0 aliphatic rings. The summed E-state index contributed by atoms with van der Waals surface area (Å²) in [5.74, 6) is 0.616. The molecular formula is C6H9N3OS. The largest absolute Gasteiger partial charge is 0.312 e. The zero-order chi connectivity index (χ0) is 8.27. The highest BCUT2D eigenvalue weighted by Gasteiger charge is 2.01. The molecule has 0 N–H and O–H groups in total. The average Bonchev–Trinajstić information content (AvgIpc) is 2.31. The predicted molar refractivity (Wildman–Crippen MR) is 42.4 cm³/mol. The van der Waals surface area contributed by atoms with Crippen molar-refractivity contribution in [3.63, 3.8) is 0 Å². The maximum atomic E-state index is 10.6. The van der Waals surface area contributed by atoms with E-state index in [1.165, 1.54) is 11.8 Å². The van der Waals surface area contributed by atoms with Crippen LogP contribution in [0.4, 0.5) is 0 Å². The summed E-state index contributed by atoms with van der Waals surface area (Å²) in [6, 6.07) is 0. The van der Waals surface area contributed by atoms with E-state index >= 15 is 0 Å². The van der Waals surface area contributed by atoms with Crippen LogP contribution in [0.25, 0.3) is 0 Å². The summed E-state index contributed by atoms with van der Waals surface area (Å²) in [6.07, 6.45) is 1.61. The maximum absolute atomic E-state index is 10.6. The predicted octanol–water partition coefficient (Wildman–Crippen LogP) is 0.496. The van der Waals surface area contributed by atoms with Crippen LogP contribution in [0.5, 0.6) is 0 Å². The van der Waals surface area contributed by atoms with Crippen LogP contribution in [0.2, 0.25) is 0 Å². The van der Waals surface area contributed by atoms with Crippen molar-refractivity contribution in [1.29, 1.82) is 0 Å². The number of carbonyl (C=O) groups is 1. The van der Waals surface area contributed by atoms with E-state index in [9.17, 15) is 4.79 Å². The molecular weight excluding hydrogens is 162 g/mol. The number of aromatic nitrogens is 3. The smallest absolute Gasteiger partial charge is 0.191 e. The van der Waals surface area contributed by atoms with Gasteiger partial charge >= 0.3 is 0 Å². The minimum absolute atomic E-state index is 0.151. The second-order valence-corrected chi connectivity index (χ2v) is 3.16.